The Morgan fingerprint density at radius 2 is 2.07 bits per heavy atom. The second-order valence-electron chi connectivity index (χ2n) is 3.45. The molecule has 14 heavy (non-hydrogen) atoms. The first-order valence-corrected chi connectivity index (χ1v) is 5.25. The largest absolute Gasteiger partial charge is 0.377 e. The number of carbonyl (C=O) groups excluding carboxylic acids is 1. The summed E-state index contributed by atoms with van der Waals surface area (Å²) >= 11 is 0. The molecule has 0 unspecified atom stereocenters. The first-order chi connectivity index (χ1) is 6.66. The van der Waals surface area contributed by atoms with Crippen LogP contribution in [-0.2, 0) is 9.53 Å². The van der Waals surface area contributed by atoms with Gasteiger partial charge in [-0.25, -0.2) is 0 Å². The Hall–Kier alpha value is -0.610. The molecule has 0 bridgehead atoms. The van der Waals surface area contributed by atoms with Crippen LogP contribution in [-0.4, -0.2) is 38.3 Å². The van der Waals surface area contributed by atoms with Gasteiger partial charge >= 0.3 is 0 Å². The highest BCUT2D eigenvalue weighted by Gasteiger charge is 1.99. The number of hydrogen-bond donors (Lipinski definition) is 2. The minimum atomic E-state index is 0.0332. The van der Waals surface area contributed by atoms with E-state index in [9.17, 15) is 4.79 Å². The molecule has 0 aromatic heterocycles. The van der Waals surface area contributed by atoms with Crippen molar-refractivity contribution in [2.24, 2.45) is 0 Å². The highest BCUT2D eigenvalue weighted by molar-refractivity contribution is 5.77. The lowest BCUT2D eigenvalue weighted by Gasteiger charge is -2.08. The Balaban J connectivity index is 3.18. The van der Waals surface area contributed by atoms with Crippen LogP contribution < -0.4 is 10.6 Å². The lowest BCUT2D eigenvalue weighted by atomic mass is 10.4. The van der Waals surface area contributed by atoms with Crippen LogP contribution in [0.5, 0.6) is 0 Å². The van der Waals surface area contributed by atoms with Gasteiger partial charge < -0.3 is 15.4 Å². The summed E-state index contributed by atoms with van der Waals surface area (Å²) < 4.78 is 5.28. The molecule has 0 fully saturated rings. The Labute approximate surface area is 86.4 Å². The van der Waals surface area contributed by atoms with Crippen molar-refractivity contribution in [3.63, 3.8) is 0 Å². The van der Waals surface area contributed by atoms with Crippen LogP contribution in [0.3, 0.4) is 0 Å². The first kappa shape index (κ1) is 13.4. The lowest BCUT2D eigenvalue weighted by molar-refractivity contribution is -0.120. The van der Waals surface area contributed by atoms with Crippen molar-refractivity contribution >= 4 is 5.91 Å². The third-order valence-electron chi connectivity index (χ3n) is 1.59. The number of carbonyl (C=O) groups is 1. The van der Waals surface area contributed by atoms with Gasteiger partial charge in [0.15, 0.2) is 0 Å². The van der Waals surface area contributed by atoms with Gasteiger partial charge in [0.1, 0.15) is 0 Å². The van der Waals surface area contributed by atoms with Crippen molar-refractivity contribution in [3.8, 4) is 0 Å². The van der Waals surface area contributed by atoms with Gasteiger partial charge in [0.2, 0.25) is 5.91 Å². The Morgan fingerprint density at radius 3 is 2.64 bits per heavy atom. The summed E-state index contributed by atoms with van der Waals surface area (Å²) in [6.45, 7) is 8.48. The van der Waals surface area contributed by atoms with Crippen molar-refractivity contribution in [2.45, 2.75) is 33.3 Å². The summed E-state index contributed by atoms with van der Waals surface area (Å²) in [4.78, 5) is 11.1. The topological polar surface area (TPSA) is 50.4 Å². The molecule has 0 aliphatic heterocycles. The summed E-state index contributed by atoms with van der Waals surface area (Å²) in [7, 11) is 0. The van der Waals surface area contributed by atoms with E-state index in [2.05, 4.69) is 17.6 Å². The monoisotopic (exact) mass is 202 g/mol. The molecule has 0 atom stereocenters. The second-order valence-corrected chi connectivity index (χ2v) is 3.45. The predicted molar refractivity (Wildman–Crippen MR) is 57.3 cm³/mol. The SMILES string of the molecule is CCCNCC(=O)NCCOC(C)C. The average Bonchev–Trinajstić information content (AvgIpc) is 2.13. The number of amides is 1. The van der Waals surface area contributed by atoms with Gasteiger partial charge in [-0.2, -0.15) is 0 Å². The molecule has 0 aliphatic rings. The summed E-state index contributed by atoms with van der Waals surface area (Å²) in [5, 5.41) is 5.80. The van der Waals surface area contributed by atoms with E-state index in [1.54, 1.807) is 0 Å². The molecule has 84 valence electrons. The van der Waals surface area contributed by atoms with Crippen LogP contribution >= 0.6 is 0 Å². The molecule has 0 radical (unpaired) electrons. The summed E-state index contributed by atoms with van der Waals surface area (Å²) in [5.41, 5.74) is 0. The standard InChI is InChI=1S/C10H22N2O2/c1-4-5-11-8-10(13)12-6-7-14-9(2)3/h9,11H,4-8H2,1-3H3,(H,12,13). The zero-order valence-corrected chi connectivity index (χ0v) is 9.43. The van der Waals surface area contributed by atoms with Crippen LogP contribution in [0.4, 0.5) is 0 Å². The Kier molecular flexibility index (Phi) is 8.57. The van der Waals surface area contributed by atoms with Gasteiger partial charge in [-0.3, -0.25) is 4.79 Å². The van der Waals surface area contributed by atoms with Crippen molar-refractivity contribution in [3.05, 3.63) is 0 Å². The van der Waals surface area contributed by atoms with E-state index >= 15 is 0 Å². The van der Waals surface area contributed by atoms with Gasteiger partial charge in [-0.15, -0.1) is 0 Å². The van der Waals surface area contributed by atoms with Crippen LogP contribution in [0.25, 0.3) is 0 Å². The Morgan fingerprint density at radius 1 is 1.36 bits per heavy atom. The van der Waals surface area contributed by atoms with E-state index in [1.807, 2.05) is 13.8 Å². The smallest absolute Gasteiger partial charge is 0.234 e. The molecular weight excluding hydrogens is 180 g/mol. The predicted octanol–water partition coefficient (Wildman–Crippen LogP) is 0.527. The number of hydrogen-bond acceptors (Lipinski definition) is 3. The van der Waals surface area contributed by atoms with E-state index in [4.69, 9.17) is 4.74 Å². The fourth-order valence-electron chi connectivity index (χ4n) is 0.926. The minimum Gasteiger partial charge on any atom is -0.377 e. The maximum Gasteiger partial charge on any atom is 0.234 e. The van der Waals surface area contributed by atoms with E-state index < -0.39 is 0 Å². The van der Waals surface area contributed by atoms with E-state index in [-0.39, 0.29) is 12.0 Å². The molecule has 0 aromatic rings. The number of ether oxygens (including phenoxy) is 1. The van der Waals surface area contributed by atoms with E-state index in [0.717, 1.165) is 13.0 Å². The van der Waals surface area contributed by atoms with E-state index in [1.165, 1.54) is 0 Å². The summed E-state index contributed by atoms with van der Waals surface area (Å²) in [6, 6.07) is 0. The third kappa shape index (κ3) is 9.48. The van der Waals surface area contributed by atoms with Gasteiger partial charge in [0, 0.05) is 6.54 Å². The fourth-order valence-corrected chi connectivity index (χ4v) is 0.926. The molecule has 2 N–H and O–H groups in total. The minimum absolute atomic E-state index is 0.0332. The quantitative estimate of drug-likeness (QED) is 0.564. The van der Waals surface area contributed by atoms with Crippen LogP contribution in [0.15, 0.2) is 0 Å². The van der Waals surface area contributed by atoms with Gasteiger partial charge in [-0.1, -0.05) is 6.92 Å². The molecule has 0 saturated carbocycles. The molecule has 1 amide bonds. The number of rotatable bonds is 8. The van der Waals surface area contributed by atoms with Crippen molar-refractivity contribution in [2.75, 3.05) is 26.2 Å². The second kappa shape index (κ2) is 8.97. The molecule has 4 heteroatoms. The highest BCUT2D eigenvalue weighted by Crippen LogP contribution is 1.84. The van der Waals surface area contributed by atoms with Crippen molar-refractivity contribution in [1.82, 2.24) is 10.6 Å². The molecule has 4 nitrogen and oxygen atoms in total. The average molecular weight is 202 g/mol. The van der Waals surface area contributed by atoms with Gasteiger partial charge in [0.25, 0.3) is 0 Å². The maximum atomic E-state index is 11.1. The molecule has 0 aliphatic carbocycles. The summed E-state index contributed by atoms with van der Waals surface area (Å²) in [6.07, 6.45) is 1.27. The summed E-state index contributed by atoms with van der Waals surface area (Å²) in [5.74, 6) is 0.0332. The fraction of sp³-hybridized carbons (Fsp3) is 0.900. The Bertz CT molecular complexity index is 149. The first-order valence-electron chi connectivity index (χ1n) is 5.25. The van der Waals surface area contributed by atoms with Gasteiger partial charge in [0.05, 0.1) is 19.3 Å². The number of nitrogens with one attached hydrogen (secondary N) is 2. The maximum absolute atomic E-state index is 11.1. The van der Waals surface area contributed by atoms with Crippen molar-refractivity contribution in [1.29, 1.82) is 0 Å². The van der Waals surface area contributed by atoms with Crippen LogP contribution in [0.2, 0.25) is 0 Å². The zero-order chi connectivity index (χ0) is 10.8. The third-order valence-corrected chi connectivity index (χ3v) is 1.59. The van der Waals surface area contributed by atoms with Crippen LogP contribution in [0, 0.1) is 0 Å². The van der Waals surface area contributed by atoms with Crippen LogP contribution in [0.1, 0.15) is 27.2 Å². The molecule has 0 saturated heterocycles. The molecular formula is C10H22N2O2. The van der Waals surface area contributed by atoms with Crippen molar-refractivity contribution < 1.29 is 9.53 Å². The molecule has 0 spiro atoms. The lowest BCUT2D eigenvalue weighted by Crippen LogP contribution is -2.36. The normalized spacial score (nSPS) is 10.6. The zero-order valence-electron chi connectivity index (χ0n) is 9.43. The molecule has 0 rings (SSSR count). The van der Waals surface area contributed by atoms with Gasteiger partial charge in [-0.05, 0) is 26.8 Å². The van der Waals surface area contributed by atoms with E-state index in [0.29, 0.717) is 19.7 Å². The highest BCUT2D eigenvalue weighted by atomic mass is 16.5. The molecule has 0 heterocycles. The molecule has 0 aromatic carbocycles.